The van der Waals surface area contributed by atoms with Crippen LogP contribution in [0.25, 0.3) is 0 Å². The van der Waals surface area contributed by atoms with Crippen LogP contribution in [0.2, 0.25) is 0 Å². The van der Waals surface area contributed by atoms with Gasteiger partial charge >= 0.3 is 6.03 Å². The molecule has 0 aliphatic carbocycles. The molecule has 2 aromatic carbocycles. The van der Waals surface area contributed by atoms with Gasteiger partial charge in [-0.3, -0.25) is 4.90 Å². The minimum atomic E-state index is -0.601. The summed E-state index contributed by atoms with van der Waals surface area (Å²) in [6.07, 6.45) is 1.52. The number of carbonyl (C=O) groups is 1. The molecule has 0 radical (unpaired) electrons. The van der Waals surface area contributed by atoms with Crippen molar-refractivity contribution in [1.82, 2.24) is 10.2 Å². The number of rotatable bonds is 8. The molecule has 0 aromatic heterocycles. The number of fused-ring (bicyclic) bond motifs is 1. The second-order valence-electron chi connectivity index (χ2n) is 8.06. The lowest BCUT2D eigenvalue weighted by Crippen LogP contribution is -2.43. The van der Waals surface area contributed by atoms with Gasteiger partial charge in [0, 0.05) is 42.0 Å². The molecule has 162 valence electrons. The number of thioether (sulfide) groups is 1. The average molecular weight is 428 g/mol. The van der Waals surface area contributed by atoms with Crippen LogP contribution in [0.4, 0.5) is 10.5 Å². The fourth-order valence-electron chi connectivity index (χ4n) is 3.61. The number of benzene rings is 2. The molecular weight excluding hydrogens is 394 g/mol. The molecular formula is C24H33N3O2S. The molecule has 2 amide bonds. The van der Waals surface area contributed by atoms with E-state index in [2.05, 4.69) is 59.7 Å². The first-order valence-electron chi connectivity index (χ1n) is 10.7. The third-order valence-electron chi connectivity index (χ3n) is 5.54. The minimum Gasteiger partial charge on any atom is -0.390 e. The number of urea groups is 1. The first-order valence-corrected chi connectivity index (χ1v) is 11.6. The number of anilines is 1. The summed E-state index contributed by atoms with van der Waals surface area (Å²) < 4.78 is 0. The molecule has 3 N–H and O–H groups in total. The second-order valence-corrected chi connectivity index (χ2v) is 9.57. The van der Waals surface area contributed by atoms with Gasteiger partial charge in [-0.25, -0.2) is 4.79 Å². The van der Waals surface area contributed by atoms with Gasteiger partial charge in [0.05, 0.1) is 6.10 Å². The molecule has 0 fully saturated rings. The zero-order valence-corrected chi connectivity index (χ0v) is 19.0. The van der Waals surface area contributed by atoms with Gasteiger partial charge in [0.25, 0.3) is 0 Å². The highest BCUT2D eigenvalue weighted by Gasteiger charge is 2.18. The Morgan fingerprint density at radius 1 is 1.23 bits per heavy atom. The van der Waals surface area contributed by atoms with Gasteiger partial charge < -0.3 is 15.7 Å². The average Bonchev–Trinajstić information content (AvgIpc) is 2.74. The molecule has 0 spiro atoms. The molecule has 1 aliphatic heterocycles. The monoisotopic (exact) mass is 427 g/mol. The van der Waals surface area contributed by atoms with Crippen molar-refractivity contribution in [3.63, 3.8) is 0 Å². The van der Waals surface area contributed by atoms with Crippen molar-refractivity contribution < 1.29 is 9.90 Å². The number of carbonyl (C=O) groups excluding carboxylic acids is 1. The number of aryl methyl sites for hydroxylation is 1. The lowest BCUT2D eigenvalue weighted by molar-refractivity contribution is 0.106. The normalized spacial score (nSPS) is 15.9. The number of nitrogens with one attached hydrogen (secondary N) is 2. The van der Waals surface area contributed by atoms with Crippen LogP contribution < -0.4 is 10.6 Å². The van der Waals surface area contributed by atoms with Crippen LogP contribution in [0.1, 0.15) is 37.0 Å². The summed E-state index contributed by atoms with van der Waals surface area (Å²) in [5.41, 5.74) is 4.55. The number of β-amino-alcohol motifs (C(OH)–C–C–N with tert-alkyl or cyclic N) is 1. The SMILES string of the molecule is CCC(C)Sc1ccc(NC(=O)NCC(O)CN2CCc3ccccc3C2)c(C)c1. The number of amides is 2. The number of nitrogens with zero attached hydrogens (tertiary/aromatic N) is 1. The molecule has 30 heavy (non-hydrogen) atoms. The van der Waals surface area contributed by atoms with Gasteiger partial charge in [-0.15, -0.1) is 11.8 Å². The fraction of sp³-hybridized carbons (Fsp3) is 0.458. The maximum atomic E-state index is 12.3. The van der Waals surface area contributed by atoms with Crippen LogP contribution in [0.3, 0.4) is 0 Å². The topological polar surface area (TPSA) is 64.6 Å². The van der Waals surface area contributed by atoms with Crippen LogP contribution >= 0.6 is 11.8 Å². The highest BCUT2D eigenvalue weighted by Crippen LogP contribution is 2.28. The lowest BCUT2D eigenvalue weighted by atomic mass is 10.00. The predicted molar refractivity (Wildman–Crippen MR) is 125 cm³/mol. The van der Waals surface area contributed by atoms with Gasteiger partial charge in [0.15, 0.2) is 0 Å². The fourth-order valence-corrected chi connectivity index (χ4v) is 4.64. The summed E-state index contributed by atoms with van der Waals surface area (Å²) in [6, 6.07) is 14.3. The minimum absolute atomic E-state index is 0.227. The molecule has 5 nitrogen and oxygen atoms in total. The molecule has 0 saturated heterocycles. The number of aliphatic hydroxyl groups is 1. The van der Waals surface area contributed by atoms with Gasteiger partial charge in [0.1, 0.15) is 0 Å². The molecule has 1 heterocycles. The Morgan fingerprint density at radius 3 is 2.73 bits per heavy atom. The highest BCUT2D eigenvalue weighted by molar-refractivity contribution is 7.99. The zero-order valence-electron chi connectivity index (χ0n) is 18.1. The summed E-state index contributed by atoms with van der Waals surface area (Å²) in [5.74, 6) is 0. The van der Waals surface area contributed by atoms with Gasteiger partial charge in [0.2, 0.25) is 0 Å². The van der Waals surface area contributed by atoms with Crippen LogP contribution in [-0.2, 0) is 13.0 Å². The Hall–Kier alpha value is -2.02. The van der Waals surface area contributed by atoms with E-state index in [1.54, 1.807) is 0 Å². The summed E-state index contributed by atoms with van der Waals surface area (Å²) in [4.78, 5) is 15.7. The van der Waals surface area contributed by atoms with E-state index in [0.29, 0.717) is 11.8 Å². The van der Waals surface area contributed by atoms with Crippen molar-refractivity contribution in [1.29, 1.82) is 0 Å². The highest BCUT2D eigenvalue weighted by atomic mass is 32.2. The van der Waals surface area contributed by atoms with Crippen LogP contribution in [0.15, 0.2) is 47.4 Å². The quantitative estimate of drug-likeness (QED) is 0.546. The van der Waals surface area contributed by atoms with Crippen molar-refractivity contribution in [2.75, 3.05) is 25.0 Å². The first-order chi connectivity index (χ1) is 14.4. The number of hydrogen-bond donors (Lipinski definition) is 3. The predicted octanol–water partition coefficient (Wildman–Crippen LogP) is 4.43. The smallest absolute Gasteiger partial charge is 0.319 e. The van der Waals surface area contributed by atoms with E-state index in [0.717, 1.165) is 37.2 Å². The number of aliphatic hydroxyl groups excluding tert-OH is 1. The van der Waals surface area contributed by atoms with Crippen molar-refractivity contribution >= 4 is 23.5 Å². The Kier molecular flexibility index (Phi) is 8.19. The maximum absolute atomic E-state index is 12.3. The first kappa shape index (κ1) is 22.7. The van der Waals surface area contributed by atoms with Gasteiger partial charge in [-0.1, -0.05) is 38.1 Å². The molecule has 6 heteroatoms. The Morgan fingerprint density at radius 2 is 2.00 bits per heavy atom. The van der Waals surface area contributed by atoms with Crippen molar-refractivity contribution in [2.45, 2.75) is 56.4 Å². The summed E-state index contributed by atoms with van der Waals surface area (Å²) in [7, 11) is 0. The van der Waals surface area contributed by atoms with E-state index in [1.807, 2.05) is 30.8 Å². The number of hydrogen-bond acceptors (Lipinski definition) is 4. The van der Waals surface area contributed by atoms with Crippen molar-refractivity contribution in [2.24, 2.45) is 0 Å². The molecule has 0 bridgehead atoms. The molecule has 2 unspecified atom stereocenters. The summed E-state index contributed by atoms with van der Waals surface area (Å²) in [5, 5.41) is 16.6. The largest absolute Gasteiger partial charge is 0.390 e. The zero-order chi connectivity index (χ0) is 21.5. The molecule has 1 aliphatic rings. The standard InChI is InChI=1S/C24H33N3O2S/c1-4-18(3)30-22-9-10-23(17(2)13-22)26-24(29)25-14-21(28)16-27-12-11-19-7-5-6-8-20(19)15-27/h5-10,13,18,21,28H,4,11-12,14-16H2,1-3H3,(H2,25,26,29). The van der Waals surface area contributed by atoms with Crippen LogP contribution in [0, 0.1) is 6.92 Å². The molecule has 2 atom stereocenters. The molecule has 2 aromatic rings. The van der Waals surface area contributed by atoms with Crippen molar-refractivity contribution in [3.05, 3.63) is 59.2 Å². The van der Waals surface area contributed by atoms with Gasteiger partial charge in [-0.2, -0.15) is 0 Å². The van der Waals surface area contributed by atoms with E-state index < -0.39 is 6.10 Å². The molecule has 0 saturated carbocycles. The second kappa shape index (κ2) is 10.8. The van der Waals surface area contributed by atoms with Crippen LogP contribution in [0.5, 0.6) is 0 Å². The van der Waals surface area contributed by atoms with E-state index in [-0.39, 0.29) is 12.6 Å². The van der Waals surface area contributed by atoms with E-state index in [1.165, 1.54) is 16.0 Å². The van der Waals surface area contributed by atoms with Gasteiger partial charge in [-0.05, 0) is 54.7 Å². The third-order valence-corrected chi connectivity index (χ3v) is 6.80. The van der Waals surface area contributed by atoms with Crippen molar-refractivity contribution in [3.8, 4) is 0 Å². The van der Waals surface area contributed by atoms with E-state index in [9.17, 15) is 9.90 Å². The van der Waals surface area contributed by atoms with Crippen LogP contribution in [-0.4, -0.2) is 47.0 Å². The van der Waals surface area contributed by atoms with E-state index >= 15 is 0 Å². The third kappa shape index (κ3) is 6.49. The summed E-state index contributed by atoms with van der Waals surface area (Å²) in [6.45, 7) is 8.95. The Balaban J connectivity index is 1.43. The maximum Gasteiger partial charge on any atom is 0.319 e. The van der Waals surface area contributed by atoms with E-state index in [4.69, 9.17) is 0 Å². The Bertz CT molecular complexity index is 858. The lowest BCUT2D eigenvalue weighted by Gasteiger charge is -2.30. The Labute approximate surface area is 184 Å². The summed E-state index contributed by atoms with van der Waals surface area (Å²) >= 11 is 1.85. The molecule has 3 rings (SSSR count).